The first kappa shape index (κ1) is 20.2. The van der Waals surface area contributed by atoms with Gasteiger partial charge < -0.3 is 4.74 Å². The molecule has 3 heterocycles. The summed E-state index contributed by atoms with van der Waals surface area (Å²) in [6.45, 7) is 10.3. The summed E-state index contributed by atoms with van der Waals surface area (Å²) in [4.78, 5) is 29.2. The highest BCUT2D eigenvalue weighted by molar-refractivity contribution is 6.46. The molecule has 0 aromatic heterocycles. The van der Waals surface area contributed by atoms with E-state index in [4.69, 9.17) is 4.74 Å². The zero-order valence-corrected chi connectivity index (χ0v) is 18.9. The molecule has 2 aromatic rings. The summed E-state index contributed by atoms with van der Waals surface area (Å²) >= 11 is 0. The molecule has 0 atom stereocenters. The van der Waals surface area contributed by atoms with Crippen LogP contribution in [0.15, 0.2) is 59.2 Å². The SMILES string of the molecule is CCOc1cc2c3c(c1)C(=C1C(=O)N(c4ccccc4)N=C1C)C(=O)N3C(C)(C)C=C2C. The van der Waals surface area contributed by atoms with E-state index in [9.17, 15) is 9.59 Å². The minimum absolute atomic E-state index is 0.184. The van der Waals surface area contributed by atoms with Crippen LogP contribution in [-0.2, 0) is 9.59 Å². The lowest BCUT2D eigenvalue weighted by atomic mass is 9.88. The first-order valence-electron chi connectivity index (χ1n) is 10.8. The molecule has 3 aliphatic rings. The Morgan fingerprint density at radius 1 is 0.969 bits per heavy atom. The molecular weight excluding hydrogens is 402 g/mol. The predicted molar refractivity (Wildman–Crippen MR) is 127 cm³/mol. The van der Waals surface area contributed by atoms with Gasteiger partial charge in [-0.2, -0.15) is 10.1 Å². The van der Waals surface area contributed by atoms with Gasteiger partial charge in [0.25, 0.3) is 11.8 Å². The monoisotopic (exact) mass is 427 g/mol. The van der Waals surface area contributed by atoms with Gasteiger partial charge in [-0.1, -0.05) is 24.3 Å². The second-order valence-electron chi connectivity index (χ2n) is 8.81. The van der Waals surface area contributed by atoms with Crippen LogP contribution in [0.1, 0.15) is 45.7 Å². The van der Waals surface area contributed by atoms with Gasteiger partial charge in [0.15, 0.2) is 0 Å². The van der Waals surface area contributed by atoms with E-state index in [0.29, 0.717) is 34.9 Å². The second kappa shape index (κ2) is 6.92. The van der Waals surface area contributed by atoms with Crippen LogP contribution in [-0.4, -0.2) is 29.7 Å². The molecule has 162 valence electrons. The Balaban J connectivity index is 1.76. The van der Waals surface area contributed by atoms with Gasteiger partial charge in [-0.25, -0.2) is 0 Å². The quantitative estimate of drug-likeness (QED) is 0.661. The third-order valence-corrected chi connectivity index (χ3v) is 6.14. The number of carbonyl (C=O) groups is 2. The van der Waals surface area contributed by atoms with Crippen molar-refractivity contribution in [3.63, 3.8) is 0 Å². The topological polar surface area (TPSA) is 62.2 Å². The molecule has 2 amide bonds. The van der Waals surface area contributed by atoms with Crippen LogP contribution in [0.2, 0.25) is 0 Å². The van der Waals surface area contributed by atoms with E-state index in [1.807, 2.05) is 70.2 Å². The van der Waals surface area contributed by atoms with Crippen LogP contribution in [0.5, 0.6) is 5.75 Å². The number of para-hydroxylation sites is 1. The number of hydrogen-bond acceptors (Lipinski definition) is 4. The van der Waals surface area contributed by atoms with Gasteiger partial charge in [-0.3, -0.25) is 14.5 Å². The number of amides is 2. The summed E-state index contributed by atoms with van der Waals surface area (Å²) in [6, 6.07) is 13.1. The Labute approximate surface area is 187 Å². The minimum atomic E-state index is -0.524. The molecule has 6 heteroatoms. The van der Waals surface area contributed by atoms with E-state index in [2.05, 4.69) is 11.2 Å². The highest BCUT2D eigenvalue weighted by Gasteiger charge is 2.48. The molecule has 0 fully saturated rings. The van der Waals surface area contributed by atoms with Gasteiger partial charge in [0, 0.05) is 11.1 Å². The average Bonchev–Trinajstić information content (AvgIpc) is 3.20. The summed E-state index contributed by atoms with van der Waals surface area (Å²) in [5.41, 5.74) is 5.01. The molecule has 3 aliphatic heterocycles. The predicted octanol–water partition coefficient (Wildman–Crippen LogP) is 4.80. The molecule has 0 spiro atoms. The summed E-state index contributed by atoms with van der Waals surface area (Å²) in [6.07, 6.45) is 2.09. The first-order chi connectivity index (χ1) is 15.2. The van der Waals surface area contributed by atoms with E-state index in [1.165, 1.54) is 5.01 Å². The molecule has 0 saturated heterocycles. The van der Waals surface area contributed by atoms with Gasteiger partial charge in [-0.15, -0.1) is 0 Å². The number of hydrazone groups is 1. The van der Waals surface area contributed by atoms with Crippen molar-refractivity contribution >= 4 is 40.0 Å². The molecule has 32 heavy (non-hydrogen) atoms. The molecule has 2 aromatic carbocycles. The third-order valence-electron chi connectivity index (χ3n) is 6.14. The largest absolute Gasteiger partial charge is 0.494 e. The molecule has 0 saturated carbocycles. The fourth-order valence-electron chi connectivity index (χ4n) is 4.92. The van der Waals surface area contributed by atoms with Crippen molar-refractivity contribution in [1.29, 1.82) is 0 Å². The number of ether oxygens (including phenoxy) is 1. The first-order valence-corrected chi connectivity index (χ1v) is 10.8. The van der Waals surface area contributed by atoms with E-state index in [0.717, 1.165) is 22.4 Å². The zero-order valence-electron chi connectivity index (χ0n) is 18.9. The number of hydrogen-bond donors (Lipinski definition) is 0. The molecular formula is C26H25N3O3. The standard InChI is InChI=1S/C26H25N3O3/c1-6-32-18-12-19-15(2)14-26(4,5)28-23(19)20(13-18)22(24(28)30)21-16(3)27-29(25(21)31)17-10-8-7-9-11-17/h7-14H,6H2,1-5H3. The van der Waals surface area contributed by atoms with Crippen molar-refractivity contribution in [3.05, 3.63) is 65.2 Å². The fourth-order valence-corrected chi connectivity index (χ4v) is 4.92. The van der Waals surface area contributed by atoms with E-state index in [1.54, 1.807) is 11.8 Å². The lowest BCUT2D eigenvalue weighted by Crippen LogP contribution is -2.46. The lowest BCUT2D eigenvalue weighted by molar-refractivity contribution is -0.116. The molecule has 0 N–H and O–H groups in total. The van der Waals surface area contributed by atoms with E-state index in [-0.39, 0.29) is 11.8 Å². The Morgan fingerprint density at radius 2 is 1.66 bits per heavy atom. The molecule has 5 rings (SSSR count). The molecule has 0 unspecified atom stereocenters. The molecule has 0 radical (unpaired) electrons. The Hall–Kier alpha value is -3.67. The van der Waals surface area contributed by atoms with Gasteiger partial charge in [0.1, 0.15) is 5.75 Å². The maximum atomic E-state index is 13.9. The van der Waals surface area contributed by atoms with E-state index < -0.39 is 5.54 Å². The number of benzene rings is 2. The number of carbonyl (C=O) groups excluding carboxylic acids is 2. The van der Waals surface area contributed by atoms with Crippen molar-refractivity contribution in [2.24, 2.45) is 5.10 Å². The number of allylic oxidation sites excluding steroid dienone is 1. The lowest BCUT2D eigenvalue weighted by Gasteiger charge is -2.38. The van der Waals surface area contributed by atoms with E-state index >= 15 is 0 Å². The maximum Gasteiger partial charge on any atom is 0.281 e. The van der Waals surface area contributed by atoms with Gasteiger partial charge >= 0.3 is 0 Å². The second-order valence-corrected chi connectivity index (χ2v) is 8.81. The fraction of sp³-hybridized carbons (Fsp3) is 0.269. The van der Waals surface area contributed by atoms with Crippen LogP contribution in [0.3, 0.4) is 0 Å². The molecule has 0 aliphatic carbocycles. The third kappa shape index (κ3) is 2.75. The normalized spacial score (nSPS) is 21.0. The number of nitrogens with zero attached hydrogens (tertiary/aromatic N) is 3. The van der Waals surface area contributed by atoms with Crippen molar-refractivity contribution in [1.82, 2.24) is 0 Å². The summed E-state index contributed by atoms with van der Waals surface area (Å²) in [5, 5.41) is 5.87. The Morgan fingerprint density at radius 3 is 2.34 bits per heavy atom. The smallest absolute Gasteiger partial charge is 0.281 e. The summed E-state index contributed by atoms with van der Waals surface area (Å²) in [5.74, 6) is 0.202. The summed E-state index contributed by atoms with van der Waals surface area (Å²) < 4.78 is 5.82. The Bertz CT molecular complexity index is 1270. The average molecular weight is 428 g/mol. The number of anilines is 2. The van der Waals surface area contributed by atoms with Crippen molar-refractivity contribution in [2.45, 2.75) is 40.2 Å². The molecule has 6 nitrogen and oxygen atoms in total. The van der Waals surface area contributed by atoms with Gasteiger partial charge in [0.05, 0.1) is 40.4 Å². The van der Waals surface area contributed by atoms with Crippen LogP contribution in [0.25, 0.3) is 11.1 Å². The maximum absolute atomic E-state index is 13.9. The van der Waals surface area contributed by atoms with Gasteiger partial charge in [0.2, 0.25) is 0 Å². The van der Waals surface area contributed by atoms with Crippen LogP contribution in [0, 0.1) is 0 Å². The van der Waals surface area contributed by atoms with Crippen molar-refractivity contribution in [2.75, 3.05) is 16.5 Å². The zero-order chi connectivity index (χ0) is 22.8. The highest BCUT2D eigenvalue weighted by Crippen LogP contribution is 2.51. The minimum Gasteiger partial charge on any atom is -0.494 e. The van der Waals surface area contributed by atoms with Crippen LogP contribution >= 0.6 is 0 Å². The van der Waals surface area contributed by atoms with Crippen LogP contribution in [0.4, 0.5) is 11.4 Å². The summed E-state index contributed by atoms with van der Waals surface area (Å²) in [7, 11) is 0. The van der Waals surface area contributed by atoms with Gasteiger partial charge in [-0.05, 0) is 64.5 Å². The number of rotatable bonds is 3. The van der Waals surface area contributed by atoms with Crippen molar-refractivity contribution in [3.8, 4) is 5.75 Å². The molecule has 0 bridgehead atoms. The highest BCUT2D eigenvalue weighted by atomic mass is 16.5. The van der Waals surface area contributed by atoms with Crippen molar-refractivity contribution < 1.29 is 14.3 Å². The Kier molecular flexibility index (Phi) is 4.38. The van der Waals surface area contributed by atoms with Crippen LogP contribution < -0.4 is 14.6 Å².